The number of nitrogens with zero attached hydrogens (tertiary/aromatic N) is 2. The Bertz CT molecular complexity index is 1410. The number of morpholine rings is 1. The highest BCUT2D eigenvalue weighted by atomic mass is 16.5. The fourth-order valence-electron chi connectivity index (χ4n) is 4.33. The van der Waals surface area contributed by atoms with E-state index in [2.05, 4.69) is 15.3 Å². The zero-order chi connectivity index (χ0) is 24.0. The van der Waals surface area contributed by atoms with Gasteiger partial charge in [0.15, 0.2) is 12.2 Å². The van der Waals surface area contributed by atoms with Crippen molar-refractivity contribution in [2.75, 3.05) is 23.4 Å². The number of aromatic amines is 1. The van der Waals surface area contributed by atoms with Crippen LogP contribution < -0.4 is 21.5 Å². The van der Waals surface area contributed by atoms with Crippen LogP contribution in [0.2, 0.25) is 0 Å². The molecule has 1 aromatic heterocycles. The number of rotatable bonds is 4. The minimum atomic E-state index is -1.72. The number of hydrogen-bond acceptors (Lipinski definition) is 7. The monoisotopic (exact) mass is 461 g/mol. The summed E-state index contributed by atoms with van der Waals surface area (Å²) in [6.07, 6.45) is -3.09. The number of amides is 2. The number of carbonyl (C=O) groups excluding carboxylic acids is 2. The van der Waals surface area contributed by atoms with Gasteiger partial charge in [-0.1, -0.05) is 0 Å². The molecule has 0 spiro atoms. The first-order chi connectivity index (χ1) is 16.3. The summed E-state index contributed by atoms with van der Waals surface area (Å²) in [5, 5.41) is 14.1. The fourth-order valence-corrected chi connectivity index (χ4v) is 4.33. The van der Waals surface area contributed by atoms with Gasteiger partial charge in [0.2, 0.25) is 5.56 Å². The predicted octanol–water partition coefficient (Wildman–Crippen LogP) is 0.787. The van der Waals surface area contributed by atoms with Crippen LogP contribution in [0, 0.1) is 6.92 Å². The van der Waals surface area contributed by atoms with Gasteiger partial charge in [-0.05, 0) is 59.8 Å². The van der Waals surface area contributed by atoms with Crippen LogP contribution >= 0.6 is 0 Å². The number of aliphatic hydroxyl groups excluding tert-OH is 1. The molecule has 1 saturated heterocycles. The summed E-state index contributed by atoms with van der Waals surface area (Å²) >= 11 is 0. The highest BCUT2D eigenvalue weighted by molar-refractivity contribution is 6.05. The lowest BCUT2D eigenvalue weighted by Crippen LogP contribution is -2.55. The van der Waals surface area contributed by atoms with Gasteiger partial charge in [-0.25, -0.2) is 0 Å². The molecule has 0 aliphatic carbocycles. The summed E-state index contributed by atoms with van der Waals surface area (Å²) < 4.78 is 5.50. The number of anilines is 2. The molecule has 34 heavy (non-hydrogen) atoms. The number of pyridine rings is 1. The number of hydrogen-bond donors (Lipinski definition) is 4. The van der Waals surface area contributed by atoms with Crippen LogP contribution in [-0.2, 0) is 20.9 Å². The summed E-state index contributed by atoms with van der Waals surface area (Å²) in [6, 6.07) is 11.9. The number of fused-ring (bicyclic) bond motifs is 2. The van der Waals surface area contributed by atoms with Gasteiger partial charge in [0.1, 0.15) is 5.84 Å². The van der Waals surface area contributed by atoms with Crippen LogP contribution in [0.25, 0.3) is 10.9 Å². The second kappa shape index (κ2) is 8.40. The van der Waals surface area contributed by atoms with Crippen LogP contribution in [0.3, 0.4) is 0 Å². The van der Waals surface area contributed by atoms with Gasteiger partial charge < -0.3 is 30.8 Å². The third kappa shape index (κ3) is 3.82. The van der Waals surface area contributed by atoms with E-state index in [1.54, 1.807) is 30.3 Å². The Kier molecular flexibility index (Phi) is 5.39. The Morgan fingerprint density at radius 2 is 2.09 bits per heavy atom. The topological polar surface area (TPSA) is 150 Å². The van der Waals surface area contributed by atoms with Crippen LogP contribution in [0.5, 0.6) is 0 Å². The van der Waals surface area contributed by atoms with E-state index in [0.29, 0.717) is 29.3 Å². The van der Waals surface area contributed by atoms with E-state index >= 15 is 0 Å². The molecule has 5 N–H and O–H groups in total. The molecular formula is C24H23N5O5. The number of benzene rings is 2. The maximum absolute atomic E-state index is 13.2. The SMILES string of the molecule is Cc1cc2ccc(=O)[nH]c2cc1N1CCO[C@H]([C@@H](O)C(=O)Nc2ccc3c(c2)CN=C3N)C1=O. The zero-order valence-electron chi connectivity index (χ0n) is 18.4. The van der Waals surface area contributed by atoms with Crippen molar-refractivity contribution in [1.29, 1.82) is 0 Å². The molecule has 2 amide bonds. The van der Waals surface area contributed by atoms with Gasteiger partial charge in [-0.2, -0.15) is 0 Å². The van der Waals surface area contributed by atoms with Crippen LogP contribution in [0.15, 0.2) is 52.3 Å². The Labute approximate surface area is 194 Å². The summed E-state index contributed by atoms with van der Waals surface area (Å²) in [6.45, 7) is 2.66. The molecule has 0 bridgehead atoms. The number of carbonyl (C=O) groups is 2. The maximum atomic E-state index is 13.2. The lowest BCUT2D eigenvalue weighted by molar-refractivity contribution is -0.150. The third-order valence-electron chi connectivity index (χ3n) is 6.08. The lowest BCUT2D eigenvalue weighted by atomic mass is 10.0. The highest BCUT2D eigenvalue weighted by Crippen LogP contribution is 2.28. The van der Waals surface area contributed by atoms with Crippen LogP contribution in [0.1, 0.15) is 16.7 Å². The second-order valence-electron chi connectivity index (χ2n) is 8.34. The maximum Gasteiger partial charge on any atom is 0.259 e. The molecular weight excluding hydrogens is 438 g/mol. The predicted molar refractivity (Wildman–Crippen MR) is 127 cm³/mol. The number of amidine groups is 1. The first kappa shape index (κ1) is 21.8. The smallest absolute Gasteiger partial charge is 0.259 e. The molecule has 1 fully saturated rings. The number of aromatic nitrogens is 1. The lowest BCUT2D eigenvalue weighted by Gasteiger charge is -2.35. The average Bonchev–Trinajstić information content (AvgIpc) is 3.18. The normalized spacial score (nSPS) is 18.5. The Balaban J connectivity index is 1.35. The van der Waals surface area contributed by atoms with Gasteiger partial charge in [0.05, 0.1) is 18.7 Å². The number of aliphatic imine (C=N–C) groups is 1. The molecule has 3 aromatic rings. The van der Waals surface area contributed by atoms with E-state index in [4.69, 9.17) is 10.5 Å². The van der Waals surface area contributed by atoms with Gasteiger partial charge in [0.25, 0.3) is 11.8 Å². The van der Waals surface area contributed by atoms with E-state index in [-0.39, 0.29) is 18.7 Å². The van der Waals surface area contributed by atoms with E-state index < -0.39 is 24.0 Å². The molecule has 10 heteroatoms. The Morgan fingerprint density at radius 3 is 2.91 bits per heavy atom. The number of nitrogens with two attached hydrogens (primary N) is 1. The van der Waals surface area contributed by atoms with Crippen LogP contribution in [-0.4, -0.2) is 53.1 Å². The largest absolute Gasteiger partial charge is 0.383 e. The van der Waals surface area contributed by atoms with E-state index in [9.17, 15) is 19.5 Å². The number of H-pyrrole nitrogens is 1. The number of aryl methyl sites for hydroxylation is 1. The average molecular weight is 461 g/mol. The van der Waals surface area contributed by atoms with Crippen molar-refractivity contribution in [3.8, 4) is 0 Å². The number of aliphatic hydroxyl groups is 1. The molecule has 2 aliphatic heterocycles. The number of nitrogens with one attached hydrogen (secondary N) is 2. The standard InChI is InChI=1S/C24H23N5O5/c1-12-8-13-2-5-19(30)28-17(13)10-18(12)29-6-7-34-21(24(29)33)20(31)23(32)27-15-3-4-16-14(9-15)11-26-22(16)25/h2-5,8-10,20-21,31H,6-7,11H2,1H3,(H2,25,26)(H,27,32)(H,28,30)/t20-,21-/m1/s1. The van der Waals surface area contributed by atoms with E-state index in [1.165, 1.54) is 11.0 Å². The van der Waals surface area contributed by atoms with Crippen LogP contribution in [0.4, 0.5) is 11.4 Å². The molecule has 3 heterocycles. The highest BCUT2D eigenvalue weighted by Gasteiger charge is 2.39. The van der Waals surface area contributed by atoms with Crippen molar-refractivity contribution < 1.29 is 19.4 Å². The molecule has 0 unspecified atom stereocenters. The molecule has 0 saturated carbocycles. The molecule has 2 aliphatic rings. The summed E-state index contributed by atoms with van der Waals surface area (Å²) in [4.78, 5) is 46.1. The molecule has 0 radical (unpaired) electrons. The van der Waals surface area contributed by atoms with Crippen molar-refractivity contribution in [1.82, 2.24) is 4.98 Å². The Hall–Kier alpha value is -4.02. The van der Waals surface area contributed by atoms with Crippen molar-refractivity contribution >= 4 is 39.9 Å². The van der Waals surface area contributed by atoms with Gasteiger partial charge in [-0.3, -0.25) is 19.4 Å². The minimum Gasteiger partial charge on any atom is -0.383 e. The Morgan fingerprint density at radius 1 is 1.26 bits per heavy atom. The molecule has 2 atom stereocenters. The minimum absolute atomic E-state index is 0.138. The zero-order valence-corrected chi connectivity index (χ0v) is 18.4. The van der Waals surface area contributed by atoms with Crippen molar-refractivity contribution in [2.24, 2.45) is 10.7 Å². The van der Waals surface area contributed by atoms with E-state index in [0.717, 1.165) is 22.1 Å². The molecule has 2 aromatic carbocycles. The summed E-state index contributed by atoms with van der Waals surface area (Å²) in [5.41, 5.74) is 9.68. The summed E-state index contributed by atoms with van der Waals surface area (Å²) in [5.74, 6) is -0.848. The summed E-state index contributed by atoms with van der Waals surface area (Å²) in [7, 11) is 0. The first-order valence-electron chi connectivity index (χ1n) is 10.8. The number of ether oxygens (including phenoxy) is 1. The van der Waals surface area contributed by atoms with Crippen molar-refractivity contribution in [3.63, 3.8) is 0 Å². The molecule has 10 nitrogen and oxygen atoms in total. The fraction of sp³-hybridized carbons (Fsp3) is 0.250. The quantitative estimate of drug-likeness (QED) is 0.451. The van der Waals surface area contributed by atoms with Gasteiger partial charge in [-0.15, -0.1) is 0 Å². The second-order valence-corrected chi connectivity index (χ2v) is 8.34. The molecule has 174 valence electrons. The van der Waals surface area contributed by atoms with E-state index in [1.807, 2.05) is 13.0 Å². The van der Waals surface area contributed by atoms with Gasteiger partial charge in [0, 0.05) is 29.5 Å². The molecule has 5 rings (SSSR count). The van der Waals surface area contributed by atoms with Gasteiger partial charge >= 0.3 is 0 Å². The third-order valence-corrected chi connectivity index (χ3v) is 6.08. The van der Waals surface area contributed by atoms with Crippen molar-refractivity contribution in [2.45, 2.75) is 25.7 Å². The van der Waals surface area contributed by atoms with Crippen molar-refractivity contribution in [3.05, 3.63) is 69.5 Å². The first-order valence-corrected chi connectivity index (χ1v) is 10.8.